The van der Waals surface area contributed by atoms with Gasteiger partial charge in [0.15, 0.2) is 11.0 Å². The molecule has 3 aromatic rings. The molecule has 0 atom stereocenters. The predicted molar refractivity (Wildman–Crippen MR) is 102 cm³/mol. The molecule has 26 heavy (non-hydrogen) atoms. The summed E-state index contributed by atoms with van der Waals surface area (Å²) in [6.45, 7) is 0.267. The van der Waals surface area contributed by atoms with E-state index in [-0.39, 0.29) is 12.6 Å². The molecule has 2 aromatic heterocycles. The van der Waals surface area contributed by atoms with Crippen LogP contribution in [0.25, 0.3) is 0 Å². The summed E-state index contributed by atoms with van der Waals surface area (Å²) in [5.41, 5.74) is 1.74. The van der Waals surface area contributed by atoms with Crippen molar-refractivity contribution in [3.8, 4) is 0 Å². The van der Waals surface area contributed by atoms with Crippen LogP contribution in [0.1, 0.15) is 11.4 Å². The summed E-state index contributed by atoms with van der Waals surface area (Å²) < 4.78 is 1.86. The average molecular weight is 389 g/mol. The molecule has 3 rings (SSSR count). The topological polar surface area (TPSA) is 84.7 Å². The zero-order valence-corrected chi connectivity index (χ0v) is 15.6. The zero-order chi connectivity index (χ0) is 18.4. The van der Waals surface area contributed by atoms with E-state index in [1.807, 2.05) is 29.9 Å². The molecule has 0 bridgehead atoms. The van der Waals surface area contributed by atoms with E-state index < -0.39 is 0 Å². The normalized spacial score (nSPS) is 10.5. The number of amides is 2. The van der Waals surface area contributed by atoms with Gasteiger partial charge >= 0.3 is 6.03 Å². The number of thioether (sulfide) groups is 1. The van der Waals surface area contributed by atoms with Gasteiger partial charge in [-0.3, -0.25) is 4.98 Å². The quantitative estimate of drug-likeness (QED) is 0.631. The molecule has 9 heteroatoms. The number of carbonyl (C=O) groups is 1. The minimum absolute atomic E-state index is 0.267. The minimum atomic E-state index is -0.333. The highest BCUT2D eigenvalue weighted by atomic mass is 35.5. The van der Waals surface area contributed by atoms with Gasteiger partial charge in [0.05, 0.1) is 6.54 Å². The van der Waals surface area contributed by atoms with Gasteiger partial charge in [-0.1, -0.05) is 35.5 Å². The molecule has 0 aliphatic heterocycles. The van der Waals surface area contributed by atoms with Crippen molar-refractivity contribution in [2.24, 2.45) is 7.05 Å². The number of benzene rings is 1. The van der Waals surface area contributed by atoms with Crippen LogP contribution < -0.4 is 10.6 Å². The van der Waals surface area contributed by atoms with Crippen LogP contribution in [0, 0.1) is 0 Å². The van der Waals surface area contributed by atoms with E-state index in [4.69, 9.17) is 11.6 Å². The smallest absolute Gasteiger partial charge is 0.319 e. The van der Waals surface area contributed by atoms with Gasteiger partial charge in [0.2, 0.25) is 0 Å². The number of rotatable bonds is 6. The molecule has 0 spiro atoms. The molecule has 0 aliphatic rings. The first-order valence-electron chi connectivity index (χ1n) is 7.82. The number of halogens is 1. The lowest BCUT2D eigenvalue weighted by molar-refractivity contribution is 0.251. The lowest BCUT2D eigenvalue weighted by atomic mass is 10.3. The number of carbonyl (C=O) groups excluding carboxylic acids is 1. The van der Waals surface area contributed by atoms with E-state index in [0.29, 0.717) is 16.5 Å². The number of pyridine rings is 1. The van der Waals surface area contributed by atoms with E-state index in [9.17, 15) is 4.79 Å². The Morgan fingerprint density at radius 2 is 2.15 bits per heavy atom. The maximum absolute atomic E-state index is 12.0. The van der Waals surface area contributed by atoms with Crippen molar-refractivity contribution >= 4 is 35.1 Å². The SMILES string of the molecule is Cn1c(CNC(=O)Nc2cccc(Cl)c2)nnc1SCc1cccnc1. The van der Waals surface area contributed by atoms with E-state index in [2.05, 4.69) is 25.8 Å². The van der Waals surface area contributed by atoms with Crippen LogP contribution in [0.5, 0.6) is 0 Å². The third-order valence-electron chi connectivity index (χ3n) is 3.51. The molecule has 7 nitrogen and oxygen atoms in total. The van der Waals surface area contributed by atoms with Crippen molar-refractivity contribution in [3.05, 3.63) is 65.2 Å². The number of nitrogens with one attached hydrogen (secondary N) is 2. The first kappa shape index (κ1) is 18.2. The fraction of sp³-hybridized carbons (Fsp3) is 0.176. The zero-order valence-electron chi connectivity index (χ0n) is 14.0. The molecular formula is C17H17ClN6OS. The van der Waals surface area contributed by atoms with Crippen molar-refractivity contribution in [1.29, 1.82) is 0 Å². The fourth-order valence-electron chi connectivity index (χ4n) is 2.16. The summed E-state index contributed by atoms with van der Waals surface area (Å²) in [4.78, 5) is 16.1. The first-order chi connectivity index (χ1) is 12.6. The molecule has 0 saturated carbocycles. The van der Waals surface area contributed by atoms with E-state index in [0.717, 1.165) is 16.5 Å². The molecule has 0 saturated heterocycles. The summed E-state index contributed by atoms with van der Waals surface area (Å²) in [6.07, 6.45) is 3.57. The van der Waals surface area contributed by atoms with E-state index in [1.54, 1.807) is 42.2 Å². The summed E-state index contributed by atoms with van der Waals surface area (Å²) >= 11 is 7.47. The highest BCUT2D eigenvalue weighted by Gasteiger charge is 2.11. The highest BCUT2D eigenvalue weighted by molar-refractivity contribution is 7.98. The van der Waals surface area contributed by atoms with Crippen molar-refractivity contribution in [3.63, 3.8) is 0 Å². The minimum Gasteiger partial charge on any atom is -0.331 e. The Kier molecular flexibility index (Phi) is 6.08. The maximum Gasteiger partial charge on any atom is 0.319 e. The van der Waals surface area contributed by atoms with Crippen molar-refractivity contribution in [2.45, 2.75) is 17.5 Å². The average Bonchev–Trinajstić information content (AvgIpc) is 2.99. The van der Waals surface area contributed by atoms with Gasteiger partial charge in [-0.15, -0.1) is 10.2 Å². The number of nitrogens with zero attached hydrogens (tertiary/aromatic N) is 4. The maximum atomic E-state index is 12.0. The number of hydrogen-bond acceptors (Lipinski definition) is 5. The predicted octanol–water partition coefficient (Wildman–Crippen LogP) is 3.48. The first-order valence-corrected chi connectivity index (χ1v) is 9.18. The molecule has 0 aliphatic carbocycles. The molecule has 134 valence electrons. The summed E-state index contributed by atoms with van der Waals surface area (Å²) in [5, 5.41) is 15.1. The molecule has 1 aromatic carbocycles. The fourth-order valence-corrected chi connectivity index (χ4v) is 3.21. The third kappa shape index (κ3) is 4.96. The van der Waals surface area contributed by atoms with Crippen LogP contribution >= 0.6 is 23.4 Å². The van der Waals surface area contributed by atoms with Crippen LogP contribution in [0.4, 0.5) is 10.5 Å². The molecular weight excluding hydrogens is 372 g/mol. The molecule has 0 radical (unpaired) electrons. The Hall–Kier alpha value is -2.58. The Balaban J connectivity index is 1.52. The second-order valence-corrected chi connectivity index (χ2v) is 6.80. The van der Waals surface area contributed by atoms with Gasteiger partial charge in [-0.25, -0.2) is 4.79 Å². The largest absolute Gasteiger partial charge is 0.331 e. The summed E-state index contributed by atoms with van der Waals surface area (Å²) in [7, 11) is 1.87. The van der Waals surface area contributed by atoms with E-state index >= 15 is 0 Å². The van der Waals surface area contributed by atoms with Gasteiger partial charge in [-0.05, 0) is 29.8 Å². The highest BCUT2D eigenvalue weighted by Crippen LogP contribution is 2.20. The van der Waals surface area contributed by atoms with E-state index in [1.165, 1.54) is 0 Å². The van der Waals surface area contributed by atoms with Crippen molar-refractivity contribution in [2.75, 3.05) is 5.32 Å². The second kappa shape index (κ2) is 8.68. The van der Waals surface area contributed by atoms with Crippen LogP contribution in [-0.4, -0.2) is 25.8 Å². The number of urea groups is 1. The van der Waals surface area contributed by atoms with Crippen LogP contribution in [-0.2, 0) is 19.3 Å². The Bertz CT molecular complexity index is 886. The molecule has 2 amide bonds. The Labute approximate surface area is 160 Å². The lowest BCUT2D eigenvalue weighted by Gasteiger charge is -2.08. The van der Waals surface area contributed by atoms with Crippen LogP contribution in [0.15, 0.2) is 53.9 Å². The van der Waals surface area contributed by atoms with Crippen LogP contribution in [0.2, 0.25) is 5.02 Å². The second-order valence-electron chi connectivity index (χ2n) is 5.43. The molecule has 2 N–H and O–H groups in total. The number of hydrogen-bond donors (Lipinski definition) is 2. The lowest BCUT2D eigenvalue weighted by Crippen LogP contribution is -2.29. The molecule has 0 unspecified atom stereocenters. The Morgan fingerprint density at radius 3 is 2.92 bits per heavy atom. The number of anilines is 1. The summed E-state index contributed by atoms with van der Waals surface area (Å²) in [5.74, 6) is 1.42. The van der Waals surface area contributed by atoms with Crippen LogP contribution in [0.3, 0.4) is 0 Å². The van der Waals surface area contributed by atoms with Gasteiger partial charge in [0.25, 0.3) is 0 Å². The standard InChI is InChI=1S/C17H17ClN6OS/c1-24-15(10-20-16(25)21-14-6-2-5-13(18)8-14)22-23-17(24)26-11-12-4-3-7-19-9-12/h2-9H,10-11H2,1H3,(H2,20,21,25). The third-order valence-corrected chi connectivity index (χ3v) is 4.83. The molecule has 0 fully saturated rings. The van der Waals surface area contributed by atoms with Gasteiger partial charge in [0.1, 0.15) is 0 Å². The van der Waals surface area contributed by atoms with Gasteiger partial charge in [-0.2, -0.15) is 0 Å². The van der Waals surface area contributed by atoms with Crippen molar-refractivity contribution < 1.29 is 4.79 Å². The van der Waals surface area contributed by atoms with Gasteiger partial charge in [0, 0.05) is 35.9 Å². The monoisotopic (exact) mass is 388 g/mol. The Morgan fingerprint density at radius 1 is 1.27 bits per heavy atom. The van der Waals surface area contributed by atoms with Gasteiger partial charge < -0.3 is 15.2 Å². The summed E-state index contributed by atoms with van der Waals surface area (Å²) in [6, 6.07) is 10.5. The molecule has 2 heterocycles. The number of aromatic nitrogens is 4. The van der Waals surface area contributed by atoms with Crippen molar-refractivity contribution in [1.82, 2.24) is 25.1 Å².